The molecule has 0 radical (unpaired) electrons. The second-order valence-corrected chi connectivity index (χ2v) is 6.09. The van der Waals surface area contributed by atoms with Gasteiger partial charge < -0.3 is 5.11 Å². The predicted molar refractivity (Wildman–Crippen MR) is 78.7 cm³/mol. The van der Waals surface area contributed by atoms with Crippen molar-refractivity contribution in [3.63, 3.8) is 0 Å². The fourth-order valence-electron chi connectivity index (χ4n) is 2.37. The summed E-state index contributed by atoms with van der Waals surface area (Å²) >= 11 is 0. The third kappa shape index (κ3) is 2.33. The Kier molecular flexibility index (Phi) is 3.42. The quantitative estimate of drug-likeness (QED) is 0.910. The SMILES string of the molecule is Cc1cccc(-n2ncc(C(=O)O)c2C(C)(C)C)c1C. The highest BCUT2D eigenvalue weighted by molar-refractivity contribution is 5.89. The maximum atomic E-state index is 11.4. The molecule has 0 bridgehead atoms. The molecule has 0 fully saturated rings. The van der Waals surface area contributed by atoms with Gasteiger partial charge in [-0.05, 0) is 31.0 Å². The van der Waals surface area contributed by atoms with Crippen LogP contribution in [0.4, 0.5) is 0 Å². The van der Waals surface area contributed by atoms with Crippen molar-refractivity contribution in [2.45, 2.75) is 40.0 Å². The van der Waals surface area contributed by atoms with Gasteiger partial charge in [0.1, 0.15) is 5.56 Å². The first-order chi connectivity index (χ1) is 9.23. The van der Waals surface area contributed by atoms with E-state index in [1.54, 1.807) is 4.68 Å². The van der Waals surface area contributed by atoms with E-state index in [9.17, 15) is 9.90 Å². The van der Waals surface area contributed by atoms with Gasteiger partial charge >= 0.3 is 5.97 Å². The number of aromatic carboxylic acids is 1. The molecule has 2 aromatic rings. The number of carboxylic acids is 1. The molecule has 20 heavy (non-hydrogen) atoms. The first kappa shape index (κ1) is 14.3. The molecule has 0 aliphatic carbocycles. The highest BCUT2D eigenvalue weighted by atomic mass is 16.4. The number of benzene rings is 1. The summed E-state index contributed by atoms with van der Waals surface area (Å²) in [5.41, 5.74) is 3.88. The second kappa shape index (κ2) is 4.78. The summed E-state index contributed by atoms with van der Waals surface area (Å²) < 4.78 is 1.76. The maximum absolute atomic E-state index is 11.4. The molecule has 1 heterocycles. The number of hydrogen-bond donors (Lipinski definition) is 1. The Morgan fingerprint density at radius 2 is 1.90 bits per heavy atom. The largest absolute Gasteiger partial charge is 0.478 e. The molecule has 1 aromatic heterocycles. The van der Waals surface area contributed by atoms with E-state index >= 15 is 0 Å². The minimum absolute atomic E-state index is 0.262. The van der Waals surface area contributed by atoms with Crippen LogP contribution in [0.15, 0.2) is 24.4 Å². The fourth-order valence-corrected chi connectivity index (χ4v) is 2.37. The summed E-state index contributed by atoms with van der Waals surface area (Å²) in [4.78, 5) is 11.4. The van der Waals surface area contributed by atoms with Crippen LogP contribution in [0.5, 0.6) is 0 Å². The van der Waals surface area contributed by atoms with E-state index in [4.69, 9.17) is 0 Å². The van der Waals surface area contributed by atoms with Crippen LogP contribution < -0.4 is 0 Å². The molecule has 0 aliphatic heterocycles. The average molecular weight is 272 g/mol. The van der Waals surface area contributed by atoms with Gasteiger partial charge in [0, 0.05) is 5.41 Å². The summed E-state index contributed by atoms with van der Waals surface area (Å²) in [5, 5.41) is 13.7. The van der Waals surface area contributed by atoms with Crippen molar-refractivity contribution in [1.82, 2.24) is 9.78 Å². The topological polar surface area (TPSA) is 55.1 Å². The van der Waals surface area contributed by atoms with Crippen LogP contribution in [0.3, 0.4) is 0 Å². The maximum Gasteiger partial charge on any atom is 0.339 e. The molecule has 0 amide bonds. The minimum Gasteiger partial charge on any atom is -0.478 e. The lowest BCUT2D eigenvalue weighted by atomic mass is 9.89. The first-order valence-electron chi connectivity index (χ1n) is 6.62. The van der Waals surface area contributed by atoms with E-state index in [1.165, 1.54) is 6.20 Å². The summed E-state index contributed by atoms with van der Waals surface area (Å²) in [6.07, 6.45) is 1.44. The molecule has 4 nitrogen and oxygen atoms in total. The second-order valence-electron chi connectivity index (χ2n) is 6.09. The van der Waals surface area contributed by atoms with Gasteiger partial charge in [0.05, 0.1) is 17.6 Å². The molecule has 0 unspecified atom stereocenters. The third-order valence-electron chi connectivity index (χ3n) is 3.51. The molecule has 0 aliphatic rings. The van der Waals surface area contributed by atoms with Crippen molar-refractivity contribution >= 4 is 5.97 Å². The molecular weight excluding hydrogens is 252 g/mol. The number of rotatable bonds is 2. The predicted octanol–water partition coefficient (Wildman–Crippen LogP) is 3.48. The van der Waals surface area contributed by atoms with E-state index in [-0.39, 0.29) is 11.0 Å². The van der Waals surface area contributed by atoms with Crippen molar-refractivity contribution in [3.05, 3.63) is 46.8 Å². The summed E-state index contributed by atoms with van der Waals surface area (Å²) in [7, 11) is 0. The molecular formula is C16H20N2O2. The van der Waals surface area contributed by atoms with Crippen molar-refractivity contribution in [1.29, 1.82) is 0 Å². The van der Waals surface area contributed by atoms with Gasteiger partial charge in [-0.2, -0.15) is 5.10 Å². The number of hydrogen-bond acceptors (Lipinski definition) is 2. The normalized spacial score (nSPS) is 11.7. The molecule has 1 N–H and O–H groups in total. The fraction of sp³-hybridized carbons (Fsp3) is 0.375. The van der Waals surface area contributed by atoms with Gasteiger partial charge in [0.25, 0.3) is 0 Å². The lowest BCUT2D eigenvalue weighted by Gasteiger charge is -2.22. The zero-order valence-electron chi connectivity index (χ0n) is 12.6. The first-order valence-corrected chi connectivity index (χ1v) is 6.62. The Balaban J connectivity index is 2.76. The van der Waals surface area contributed by atoms with Crippen LogP contribution in [-0.2, 0) is 5.41 Å². The van der Waals surface area contributed by atoms with Crippen molar-refractivity contribution in [2.24, 2.45) is 0 Å². The molecule has 1 aromatic carbocycles. The van der Waals surface area contributed by atoms with E-state index < -0.39 is 5.97 Å². The van der Waals surface area contributed by atoms with Crippen LogP contribution in [0.1, 0.15) is 48.0 Å². The number of aryl methyl sites for hydroxylation is 1. The Hall–Kier alpha value is -2.10. The Labute approximate surface area is 119 Å². The van der Waals surface area contributed by atoms with E-state index in [2.05, 4.69) is 5.10 Å². The smallest absolute Gasteiger partial charge is 0.339 e. The summed E-state index contributed by atoms with van der Waals surface area (Å²) in [6.45, 7) is 10.1. The van der Waals surface area contributed by atoms with Crippen LogP contribution in [-0.4, -0.2) is 20.9 Å². The number of aromatic nitrogens is 2. The Morgan fingerprint density at radius 3 is 2.45 bits per heavy atom. The standard InChI is InChI=1S/C16H20N2O2/c1-10-7-6-8-13(11(10)2)18-14(16(3,4)5)12(9-17-18)15(19)20/h6-9H,1-5H3,(H,19,20). The molecule has 0 saturated heterocycles. The van der Waals surface area contributed by atoms with Crippen LogP contribution >= 0.6 is 0 Å². The van der Waals surface area contributed by atoms with Gasteiger partial charge in [0.15, 0.2) is 0 Å². The molecule has 106 valence electrons. The zero-order chi connectivity index (χ0) is 15.1. The summed E-state index contributed by atoms with van der Waals surface area (Å²) in [6, 6.07) is 5.97. The van der Waals surface area contributed by atoms with Crippen LogP contribution in [0.2, 0.25) is 0 Å². The lowest BCUT2D eigenvalue weighted by molar-refractivity contribution is 0.0694. The van der Waals surface area contributed by atoms with Gasteiger partial charge in [-0.3, -0.25) is 0 Å². The van der Waals surface area contributed by atoms with Gasteiger partial charge in [-0.1, -0.05) is 32.9 Å². The zero-order valence-corrected chi connectivity index (χ0v) is 12.6. The van der Waals surface area contributed by atoms with E-state index in [1.807, 2.05) is 52.8 Å². The number of nitrogens with zero attached hydrogens (tertiary/aromatic N) is 2. The van der Waals surface area contributed by atoms with Crippen LogP contribution in [0, 0.1) is 13.8 Å². The Morgan fingerprint density at radius 1 is 1.25 bits per heavy atom. The Bertz CT molecular complexity index is 664. The molecule has 4 heteroatoms. The van der Waals surface area contributed by atoms with Crippen molar-refractivity contribution < 1.29 is 9.90 Å². The monoisotopic (exact) mass is 272 g/mol. The highest BCUT2D eigenvalue weighted by Gasteiger charge is 2.28. The van der Waals surface area contributed by atoms with Gasteiger partial charge in [0.2, 0.25) is 0 Å². The van der Waals surface area contributed by atoms with Crippen molar-refractivity contribution in [2.75, 3.05) is 0 Å². The van der Waals surface area contributed by atoms with Crippen LogP contribution in [0.25, 0.3) is 5.69 Å². The molecule has 0 atom stereocenters. The van der Waals surface area contributed by atoms with Gasteiger partial charge in [-0.15, -0.1) is 0 Å². The molecule has 0 spiro atoms. The highest BCUT2D eigenvalue weighted by Crippen LogP contribution is 2.29. The van der Waals surface area contributed by atoms with Crippen molar-refractivity contribution in [3.8, 4) is 5.69 Å². The molecule has 2 rings (SSSR count). The summed E-state index contributed by atoms with van der Waals surface area (Å²) in [5.74, 6) is -0.938. The van der Waals surface area contributed by atoms with E-state index in [0.29, 0.717) is 0 Å². The lowest BCUT2D eigenvalue weighted by Crippen LogP contribution is -2.21. The van der Waals surface area contributed by atoms with Gasteiger partial charge in [-0.25, -0.2) is 9.48 Å². The number of carboxylic acid groups (broad SMARTS) is 1. The minimum atomic E-state index is -0.938. The molecule has 0 saturated carbocycles. The third-order valence-corrected chi connectivity index (χ3v) is 3.51. The van der Waals surface area contributed by atoms with E-state index in [0.717, 1.165) is 22.5 Å². The average Bonchev–Trinajstić information content (AvgIpc) is 2.77. The number of carbonyl (C=O) groups is 1.